The standard InChI is InChI=1S/C19H25NO3/c1-2-3-7-12-20-16-11-10-15(13-17(16)23-19(20)22)18(21)14-8-5-4-6-9-14/h10-11,13-14H,2-9,12H2,1H3. The smallest absolute Gasteiger partial charge is 0.408 e. The number of nitrogens with zero attached hydrogens (tertiary/aromatic N) is 1. The second-order valence-corrected chi connectivity index (χ2v) is 6.61. The normalized spacial score (nSPS) is 16.0. The molecule has 2 aromatic rings. The quantitative estimate of drug-likeness (QED) is 0.580. The predicted octanol–water partition coefficient (Wildman–Crippen LogP) is 4.55. The molecule has 0 N–H and O–H groups in total. The van der Waals surface area contributed by atoms with Gasteiger partial charge in [-0.05, 0) is 37.5 Å². The molecule has 0 amide bonds. The summed E-state index contributed by atoms with van der Waals surface area (Å²) in [4.78, 5) is 24.6. The van der Waals surface area contributed by atoms with E-state index in [-0.39, 0.29) is 17.5 Å². The predicted molar refractivity (Wildman–Crippen MR) is 90.9 cm³/mol. The van der Waals surface area contributed by atoms with Gasteiger partial charge in [-0.15, -0.1) is 0 Å². The zero-order valence-electron chi connectivity index (χ0n) is 13.8. The van der Waals surface area contributed by atoms with Crippen LogP contribution in [0.25, 0.3) is 11.1 Å². The van der Waals surface area contributed by atoms with Crippen LogP contribution in [0.15, 0.2) is 27.4 Å². The monoisotopic (exact) mass is 315 g/mol. The third kappa shape index (κ3) is 3.41. The average molecular weight is 315 g/mol. The van der Waals surface area contributed by atoms with E-state index in [4.69, 9.17) is 4.42 Å². The van der Waals surface area contributed by atoms with Crippen LogP contribution in [0, 0.1) is 5.92 Å². The number of hydrogen-bond donors (Lipinski definition) is 0. The number of hydrogen-bond acceptors (Lipinski definition) is 3. The summed E-state index contributed by atoms with van der Waals surface area (Å²) in [6.45, 7) is 2.81. The molecule has 3 rings (SSSR count). The number of ketones is 1. The van der Waals surface area contributed by atoms with Crippen molar-refractivity contribution in [3.63, 3.8) is 0 Å². The molecule has 1 saturated carbocycles. The fourth-order valence-corrected chi connectivity index (χ4v) is 3.55. The highest BCUT2D eigenvalue weighted by Gasteiger charge is 2.23. The highest BCUT2D eigenvalue weighted by Crippen LogP contribution is 2.28. The molecule has 1 aliphatic carbocycles. The molecule has 1 fully saturated rings. The van der Waals surface area contributed by atoms with Crippen molar-refractivity contribution < 1.29 is 9.21 Å². The fourth-order valence-electron chi connectivity index (χ4n) is 3.55. The highest BCUT2D eigenvalue weighted by molar-refractivity contribution is 6.00. The lowest BCUT2D eigenvalue weighted by atomic mass is 9.84. The Kier molecular flexibility index (Phi) is 4.99. The molecule has 0 saturated heterocycles. The Morgan fingerprint density at radius 2 is 2.00 bits per heavy atom. The number of fused-ring (bicyclic) bond motifs is 1. The lowest BCUT2D eigenvalue weighted by molar-refractivity contribution is 0.0889. The Bertz CT molecular complexity index is 735. The van der Waals surface area contributed by atoms with Crippen molar-refractivity contribution in [3.05, 3.63) is 34.3 Å². The molecule has 0 aliphatic heterocycles. The van der Waals surface area contributed by atoms with Gasteiger partial charge in [-0.2, -0.15) is 0 Å². The van der Waals surface area contributed by atoms with Crippen molar-refractivity contribution in [2.45, 2.75) is 64.8 Å². The molecule has 0 spiro atoms. The van der Waals surface area contributed by atoms with Gasteiger partial charge >= 0.3 is 5.76 Å². The zero-order valence-corrected chi connectivity index (χ0v) is 13.8. The first kappa shape index (κ1) is 16.0. The van der Waals surface area contributed by atoms with Crippen molar-refractivity contribution in [3.8, 4) is 0 Å². The Morgan fingerprint density at radius 1 is 1.22 bits per heavy atom. The lowest BCUT2D eigenvalue weighted by Crippen LogP contribution is -2.17. The summed E-state index contributed by atoms with van der Waals surface area (Å²) >= 11 is 0. The molecular formula is C19H25NO3. The minimum absolute atomic E-state index is 0.138. The fraction of sp³-hybridized carbons (Fsp3) is 0.579. The summed E-state index contributed by atoms with van der Waals surface area (Å²) in [6.07, 6.45) is 8.66. The summed E-state index contributed by atoms with van der Waals surface area (Å²) in [5.74, 6) is 0.0194. The summed E-state index contributed by atoms with van der Waals surface area (Å²) in [5.41, 5.74) is 2.01. The minimum Gasteiger partial charge on any atom is -0.408 e. The molecule has 4 nitrogen and oxygen atoms in total. The van der Waals surface area contributed by atoms with E-state index in [0.29, 0.717) is 17.7 Å². The first-order chi connectivity index (χ1) is 11.2. The van der Waals surface area contributed by atoms with Crippen LogP contribution in [0.4, 0.5) is 0 Å². The van der Waals surface area contributed by atoms with Crippen LogP contribution < -0.4 is 5.76 Å². The molecule has 0 bridgehead atoms. The van der Waals surface area contributed by atoms with Gasteiger partial charge in [0.15, 0.2) is 11.4 Å². The van der Waals surface area contributed by atoms with Gasteiger partial charge in [-0.3, -0.25) is 9.36 Å². The summed E-state index contributed by atoms with van der Waals surface area (Å²) < 4.78 is 7.04. The van der Waals surface area contributed by atoms with Crippen molar-refractivity contribution in [1.29, 1.82) is 0 Å². The van der Waals surface area contributed by atoms with Crippen molar-refractivity contribution in [2.24, 2.45) is 5.92 Å². The first-order valence-electron chi connectivity index (χ1n) is 8.88. The van der Waals surface area contributed by atoms with E-state index in [9.17, 15) is 9.59 Å². The number of unbranched alkanes of at least 4 members (excludes halogenated alkanes) is 2. The van der Waals surface area contributed by atoms with Crippen LogP contribution in [-0.4, -0.2) is 10.4 Å². The molecule has 0 unspecified atom stereocenters. The molecule has 1 aromatic carbocycles. The van der Waals surface area contributed by atoms with Crippen molar-refractivity contribution in [1.82, 2.24) is 4.57 Å². The van der Waals surface area contributed by atoms with E-state index in [2.05, 4.69) is 6.92 Å². The van der Waals surface area contributed by atoms with Crippen molar-refractivity contribution in [2.75, 3.05) is 0 Å². The first-order valence-corrected chi connectivity index (χ1v) is 8.88. The summed E-state index contributed by atoms with van der Waals surface area (Å²) in [5, 5.41) is 0. The summed E-state index contributed by atoms with van der Waals surface area (Å²) in [6, 6.07) is 5.47. The average Bonchev–Trinajstić information content (AvgIpc) is 2.90. The van der Waals surface area contributed by atoms with Gasteiger partial charge in [-0.1, -0.05) is 39.0 Å². The third-order valence-electron chi connectivity index (χ3n) is 4.91. The van der Waals surface area contributed by atoms with Crippen LogP contribution in [0.1, 0.15) is 68.6 Å². The number of carbonyl (C=O) groups is 1. The van der Waals surface area contributed by atoms with Crippen LogP contribution in [0.2, 0.25) is 0 Å². The van der Waals surface area contributed by atoms with E-state index < -0.39 is 0 Å². The van der Waals surface area contributed by atoms with E-state index in [1.54, 1.807) is 10.6 Å². The molecule has 23 heavy (non-hydrogen) atoms. The van der Waals surface area contributed by atoms with Crippen LogP contribution in [0.3, 0.4) is 0 Å². The third-order valence-corrected chi connectivity index (χ3v) is 4.91. The maximum atomic E-state index is 12.6. The SMILES string of the molecule is CCCCCn1c(=O)oc2cc(C(=O)C3CCCCC3)ccc21. The Morgan fingerprint density at radius 3 is 2.74 bits per heavy atom. The molecule has 1 aliphatic rings. The van der Waals surface area contributed by atoms with Gasteiger partial charge in [0.05, 0.1) is 5.52 Å². The maximum absolute atomic E-state index is 12.6. The number of carbonyl (C=O) groups excluding carboxylic acids is 1. The maximum Gasteiger partial charge on any atom is 0.419 e. The Hall–Kier alpha value is -1.84. The van der Waals surface area contributed by atoms with E-state index in [1.807, 2.05) is 12.1 Å². The number of aromatic nitrogens is 1. The number of oxazole rings is 1. The van der Waals surface area contributed by atoms with Crippen LogP contribution in [-0.2, 0) is 6.54 Å². The van der Waals surface area contributed by atoms with E-state index >= 15 is 0 Å². The van der Waals surface area contributed by atoms with Gasteiger partial charge < -0.3 is 4.42 Å². The molecule has 124 valence electrons. The van der Waals surface area contributed by atoms with E-state index in [0.717, 1.165) is 50.5 Å². The van der Waals surface area contributed by atoms with Crippen LogP contribution in [0.5, 0.6) is 0 Å². The van der Waals surface area contributed by atoms with Gasteiger partial charge in [0.25, 0.3) is 0 Å². The number of benzene rings is 1. The highest BCUT2D eigenvalue weighted by atomic mass is 16.4. The number of rotatable bonds is 6. The van der Waals surface area contributed by atoms with Crippen molar-refractivity contribution >= 4 is 16.9 Å². The molecule has 0 atom stereocenters. The van der Waals surface area contributed by atoms with Crippen LogP contribution >= 0.6 is 0 Å². The second-order valence-electron chi connectivity index (χ2n) is 6.61. The molecule has 1 heterocycles. The summed E-state index contributed by atoms with van der Waals surface area (Å²) in [7, 11) is 0. The topological polar surface area (TPSA) is 52.2 Å². The molecule has 0 radical (unpaired) electrons. The number of aryl methyl sites for hydroxylation is 1. The molecule has 1 aromatic heterocycles. The van der Waals surface area contributed by atoms with Gasteiger partial charge in [0.2, 0.25) is 0 Å². The Balaban J connectivity index is 1.84. The molecule has 4 heteroatoms. The molecular weight excluding hydrogens is 290 g/mol. The van der Waals surface area contributed by atoms with Gasteiger partial charge in [0.1, 0.15) is 0 Å². The lowest BCUT2D eigenvalue weighted by Gasteiger charge is -2.20. The zero-order chi connectivity index (χ0) is 16.2. The second kappa shape index (κ2) is 7.16. The van der Waals surface area contributed by atoms with Gasteiger partial charge in [0, 0.05) is 18.0 Å². The van der Waals surface area contributed by atoms with Gasteiger partial charge in [-0.25, -0.2) is 4.79 Å². The number of Topliss-reactive ketones (excluding diaryl/α,β-unsaturated/α-hetero) is 1. The minimum atomic E-state index is -0.321. The largest absolute Gasteiger partial charge is 0.419 e. The Labute approximate surface area is 136 Å². The van der Waals surface area contributed by atoms with E-state index in [1.165, 1.54) is 6.42 Å².